The second-order valence-corrected chi connectivity index (χ2v) is 5.62. The Balaban J connectivity index is 2.23. The van der Waals surface area contributed by atoms with Crippen molar-refractivity contribution >= 4 is 18.0 Å². The Morgan fingerprint density at radius 3 is 2.17 bits per heavy atom. The van der Waals surface area contributed by atoms with Gasteiger partial charge in [-0.05, 0) is 11.6 Å². The van der Waals surface area contributed by atoms with Crippen LogP contribution in [0.3, 0.4) is 0 Å². The average Bonchev–Trinajstić information content (AvgIpc) is 2.57. The Labute approximate surface area is 136 Å². The first-order chi connectivity index (χ1) is 11.1. The zero-order valence-electron chi connectivity index (χ0n) is 13.3. The molecule has 0 amide bonds. The molecule has 0 bridgehead atoms. The molecule has 1 N–H and O–H groups in total. The molecule has 0 saturated heterocycles. The third-order valence-corrected chi connectivity index (χ3v) is 3.59. The van der Waals surface area contributed by atoms with Crippen LogP contribution in [0.25, 0.3) is 6.08 Å². The highest BCUT2D eigenvalue weighted by molar-refractivity contribution is 6.05. The topological polar surface area (TPSA) is 58.7 Å². The molecule has 0 radical (unpaired) electrons. The van der Waals surface area contributed by atoms with Gasteiger partial charge in [-0.15, -0.1) is 0 Å². The smallest absolute Gasteiger partial charge is 0.213 e. The molecule has 0 spiro atoms. The minimum atomic E-state index is -1.00. The minimum Gasteiger partial charge on any atom is -0.623 e. The lowest BCUT2D eigenvalue weighted by Crippen LogP contribution is -2.42. The van der Waals surface area contributed by atoms with Crippen molar-refractivity contribution in [1.29, 1.82) is 0 Å². The molecular formula is C19H20N2O2. The van der Waals surface area contributed by atoms with Crippen LogP contribution in [0.1, 0.15) is 25.0 Å². The standard InChI is InChI=1S/C19H20N2O2/c1-19(2,18(20-22)17-13-7-4-8-14-17)21(23)15-9-12-16-10-5-3-6-11-16/h3-15,22H,1-2H3/b12-9+,20-18+,21-15-. The lowest BCUT2D eigenvalue weighted by molar-refractivity contribution is -0.512. The number of benzene rings is 2. The van der Waals surface area contributed by atoms with Gasteiger partial charge in [-0.1, -0.05) is 65.8 Å². The van der Waals surface area contributed by atoms with E-state index in [-0.39, 0.29) is 0 Å². The third-order valence-electron chi connectivity index (χ3n) is 3.59. The van der Waals surface area contributed by atoms with Crippen molar-refractivity contribution in [2.75, 3.05) is 0 Å². The minimum absolute atomic E-state index is 0.317. The van der Waals surface area contributed by atoms with E-state index in [2.05, 4.69) is 5.16 Å². The first-order valence-electron chi connectivity index (χ1n) is 7.36. The number of hydroxylamine groups is 1. The van der Waals surface area contributed by atoms with E-state index < -0.39 is 5.54 Å². The van der Waals surface area contributed by atoms with Crippen LogP contribution < -0.4 is 0 Å². The predicted octanol–water partition coefficient (Wildman–Crippen LogP) is 3.94. The van der Waals surface area contributed by atoms with E-state index >= 15 is 0 Å². The molecule has 0 aliphatic heterocycles. The van der Waals surface area contributed by atoms with Crippen LogP contribution in [0.15, 0.2) is 71.9 Å². The van der Waals surface area contributed by atoms with Gasteiger partial charge >= 0.3 is 0 Å². The van der Waals surface area contributed by atoms with E-state index in [0.717, 1.165) is 10.3 Å². The zero-order chi connectivity index (χ0) is 16.7. The molecule has 2 aromatic carbocycles. The molecule has 4 heteroatoms. The number of hydrogen-bond acceptors (Lipinski definition) is 3. The monoisotopic (exact) mass is 308 g/mol. The first-order valence-corrected chi connectivity index (χ1v) is 7.36. The number of oxime groups is 1. The summed E-state index contributed by atoms with van der Waals surface area (Å²) in [6, 6.07) is 18.9. The van der Waals surface area contributed by atoms with Crippen LogP contribution in [0.2, 0.25) is 0 Å². The molecule has 0 atom stereocenters. The van der Waals surface area contributed by atoms with Crippen molar-refractivity contribution in [2.45, 2.75) is 19.4 Å². The highest BCUT2D eigenvalue weighted by atomic mass is 16.5. The van der Waals surface area contributed by atoms with Gasteiger partial charge < -0.3 is 10.4 Å². The maximum absolute atomic E-state index is 12.4. The molecule has 0 aliphatic carbocycles. The molecule has 0 unspecified atom stereocenters. The van der Waals surface area contributed by atoms with Crippen LogP contribution in [0.5, 0.6) is 0 Å². The van der Waals surface area contributed by atoms with E-state index in [0.29, 0.717) is 11.3 Å². The van der Waals surface area contributed by atoms with Crippen molar-refractivity contribution in [3.8, 4) is 0 Å². The maximum Gasteiger partial charge on any atom is 0.213 e. The van der Waals surface area contributed by atoms with Gasteiger partial charge in [0.1, 0.15) is 0 Å². The molecule has 118 valence electrons. The zero-order valence-corrected chi connectivity index (χ0v) is 13.3. The van der Waals surface area contributed by atoms with Crippen molar-refractivity contribution in [3.05, 3.63) is 83.1 Å². The Kier molecular flexibility index (Phi) is 5.31. The Bertz CT molecular complexity index is 718. The van der Waals surface area contributed by atoms with Crippen molar-refractivity contribution in [3.63, 3.8) is 0 Å². The fraction of sp³-hybridized carbons (Fsp3) is 0.158. The molecule has 2 rings (SSSR count). The molecule has 23 heavy (non-hydrogen) atoms. The molecule has 0 heterocycles. The molecule has 2 aromatic rings. The molecule has 0 fully saturated rings. The number of hydrogen-bond donors (Lipinski definition) is 1. The summed E-state index contributed by atoms with van der Waals surface area (Å²) in [4.78, 5) is 0. The summed E-state index contributed by atoms with van der Waals surface area (Å²) >= 11 is 0. The highest BCUT2D eigenvalue weighted by Gasteiger charge is 2.35. The van der Waals surface area contributed by atoms with Gasteiger partial charge in [0, 0.05) is 25.5 Å². The van der Waals surface area contributed by atoms with Gasteiger partial charge in [0.05, 0.1) is 0 Å². The normalized spacial score (nSPS) is 13.5. The summed E-state index contributed by atoms with van der Waals surface area (Å²) in [6.07, 6.45) is 4.96. The summed E-state index contributed by atoms with van der Waals surface area (Å²) in [6.45, 7) is 3.43. The maximum atomic E-state index is 12.4. The van der Waals surface area contributed by atoms with Crippen LogP contribution in [0.4, 0.5) is 0 Å². The summed E-state index contributed by atoms with van der Waals surface area (Å²) in [5.41, 5.74) is 1.03. The Hall–Kier alpha value is -2.88. The molecular weight excluding hydrogens is 288 g/mol. The second-order valence-electron chi connectivity index (χ2n) is 5.62. The number of rotatable bonds is 5. The summed E-state index contributed by atoms with van der Waals surface area (Å²) in [5, 5.41) is 25.2. The largest absolute Gasteiger partial charge is 0.623 e. The fourth-order valence-corrected chi connectivity index (χ4v) is 2.22. The van der Waals surface area contributed by atoms with Gasteiger partial charge in [0.2, 0.25) is 5.54 Å². The third kappa shape index (κ3) is 4.07. The van der Waals surface area contributed by atoms with Gasteiger partial charge in [0.15, 0.2) is 11.9 Å². The quantitative estimate of drug-likeness (QED) is 0.299. The molecule has 0 aliphatic rings. The van der Waals surface area contributed by atoms with Crippen LogP contribution >= 0.6 is 0 Å². The van der Waals surface area contributed by atoms with E-state index in [9.17, 15) is 10.4 Å². The van der Waals surface area contributed by atoms with Gasteiger partial charge in [-0.2, -0.15) is 0 Å². The van der Waals surface area contributed by atoms with E-state index in [4.69, 9.17) is 0 Å². The summed E-state index contributed by atoms with van der Waals surface area (Å²) in [5.74, 6) is 0. The van der Waals surface area contributed by atoms with Crippen LogP contribution in [-0.4, -0.2) is 27.4 Å². The predicted molar refractivity (Wildman–Crippen MR) is 94.0 cm³/mol. The average molecular weight is 308 g/mol. The Morgan fingerprint density at radius 1 is 1.04 bits per heavy atom. The van der Waals surface area contributed by atoms with Crippen molar-refractivity contribution in [1.82, 2.24) is 0 Å². The van der Waals surface area contributed by atoms with Crippen molar-refractivity contribution in [2.24, 2.45) is 5.16 Å². The van der Waals surface area contributed by atoms with E-state index in [1.54, 1.807) is 19.9 Å². The van der Waals surface area contributed by atoms with Crippen LogP contribution in [-0.2, 0) is 0 Å². The number of nitrogens with zero attached hydrogens (tertiary/aromatic N) is 2. The molecule has 0 aromatic heterocycles. The van der Waals surface area contributed by atoms with E-state index in [1.807, 2.05) is 66.7 Å². The molecule has 0 saturated carbocycles. The van der Waals surface area contributed by atoms with Gasteiger partial charge in [-0.3, -0.25) is 0 Å². The van der Waals surface area contributed by atoms with Crippen LogP contribution in [0, 0.1) is 5.21 Å². The Morgan fingerprint density at radius 2 is 1.61 bits per heavy atom. The lowest BCUT2D eigenvalue weighted by Gasteiger charge is -2.24. The summed E-state index contributed by atoms with van der Waals surface area (Å²) < 4.78 is 0.786. The van der Waals surface area contributed by atoms with Crippen molar-refractivity contribution < 1.29 is 9.95 Å². The first kappa shape index (κ1) is 16.5. The highest BCUT2D eigenvalue weighted by Crippen LogP contribution is 2.17. The SMILES string of the molecule is CC(C)(/C(=N/O)c1ccccc1)/[N+]([O-])=C/C=C/c1ccccc1. The summed E-state index contributed by atoms with van der Waals surface area (Å²) in [7, 11) is 0. The lowest BCUT2D eigenvalue weighted by atomic mass is 9.92. The van der Waals surface area contributed by atoms with Gasteiger partial charge in [-0.25, -0.2) is 4.74 Å². The fourth-order valence-electron chi connectivity index (χ4n) is 2.22. The van der Waals surface area contributed by atoms with Gasteiger partial charge in [0.25, 0.3) is 0 Å². The number of allylic oxidation sites excluding steroid dienone is 1. The van der Waals surface area contributed by atoms with E-state index in [1.165, 1.54) is 6.21 Å². The second kappa shape index (κ2) is 7.40. The molecule has 4 nitrogen and oxygen atoms in total.